The molecule has 24 heavy (non-hydrogen) atoms. The lowest BCUT2D eigenvalue weighted by molar-refractivity contribution is -0.384. The smallest absolute Gasteiger partial charge is 0.269 e. The summed E-state index contributed by atoms with van der Waals surface area (Å²) < 4.78 is 0.491. The molecule has 120 valence electrons. The van der Waals surface area contributed by atoms with Gasteiger partial charge in [0.2, 0.25) is 0 Å². The van der Waals surface area contributed by atoms with Gasteiger partial charge in [-0.3, -0.25) is 24.8 Å². The number of pyridine rings is 1. The first kappa shape index (κ1) is 16.3. The van der Waals surface area contributed by atoms with E-state index >= 15 is 0 Å². The number of rotatable bonds is 4. The Morgan fingerprint density at radius 2 is 1.88 bits per heavy atom. The van der Waals surface area contributed by atoms with Gasteiger partial charge in [-0.2, -0.15) is 0 Å². The fraction of sp³-hybridized carbons (Fsp3) is 0.0625. The van der Waals surface area contributed by atoms with Crippen LogP contribution < -0.4 is 0 Å². The summed E-state index contributed by atoms with van der Waals surface area (Å²) in [5, 5.41) is 10.7. The quantitative estimate of drug-likeness (QED) is 0.361. The molecule has 1 aromatic heterocycles. The highest BCUT2D eigenvalue weighted by atomic mass is 32.2. The topological polar surface area (TPSA) is 76.3 Å². The van der Waals surface area contributed by atoms with Gasteiger partial charge in [0.1, 0.15) is 4.32 Å². The van der Waals surface area contributed by atoms with Gasteiger partial charge in [0.05, 0.1) is 16.4 Å². The molecule has 2 aromatic rings. The van der Waals surface area contributed by atoms with Crippen LogP contribution in [0, 0.1) is 10.1 Å². The molecule has 0 saturated carbocycles. The van der Waals surface area contributed by atoms with Crippen LogP contribution >= 0.6 is 24.0 Å². The highest BCUT2D eigenvalue weighted by Crippen LogP contribution is 2.33. The van der Waals surface area contributed by atoms with E-state index in [1.165, 1.54) is 28.8 Å². The van der Waals surface area contributed by atoms with Crippen molar-refractivity contribution in [2.75, 3.05) is 0 Å². The Morgan fingerprint density at radius 3 is 2.50 bits per heavy atom. The third-order valence-corrected chi connectivity index (χ3v) is 4.74. The van der Waals surface area contributed by atoms with E-state index in [1.54, 1.807) is 30.6 Å². The molecule has 0 unspecified atom stereocenters. The fourth-order valence-electron chi connectivity index (χ4n) is 2.15. The maximum absolute atomic E-state index is 12.5. The number of benzene rings is 1. The highest BCUT2D eigenvalue weighted by molar-refractivity contribution is 8.26. The molecule has 1 amide bonds. The van der Waals surface area contributed by atoms with Crippen molar-refractivity contribution in [3.63, 3.8) is 0 Å². The Hall–Kier alpha value is -2.58. The summed E-state index contributed by atoms with van der Waals surface area (Å²) in [4.78, 5) is 28.7. The molecule has 0 bridgehead atoms. The molecular formula is C16H11N3O3S2. The van der Waals surface area contributed by atoms with Crippen LogP contribution in [0.2, 0.25) is 0 Å². The van der Waals surface area contributed by atoms with Crippen LogP contribution in [0.1, 0.15) is 11.1 Å². The summed E-state index contributed by atoms with van der Waals surface area (Å²) in [5.74, 6) is -0.167. The van der Waals surface area contributed by atoms with Gasteiger partial charge >= 0.3 is 0 Å². The first-order valence-corrected chi connectivity index (χ1v) is 8.16. The first-order valence-electron chi connectivity index (χ1n) is 6.93. The van der Waals surface area contributed by atoms with Gasteiger partial charge in [-0.25, -0.2) is 0 Å². The van der Waals surface area contributed by atoms with Crippen molar-refractivity contribution < 1.29 is 9.72 Å². The van der Waals surface area contributed by atoms with E-state index in [0.29, 0.717) is 21.3 Å². The van der Waals surface area contributed by atoms with Crippen molar-refractivity contribution in [1.29, 1.82) is 0 Å². The van der Waals surface area contributed by atoms with E-state index < -0.39 is 4.92 Å². The predicted molar refractivity (Wildman–Crippen MR) is 96.0 cm³/mol. The van der Waals surface area contributed by atoms with Crippen molar-refractivity contribution in [1.82, 2.24) is 9.88 Å². The minimum absolute atomic E-state index is 0.0115. The second-order valence-electron chi connectivity index (χ2n) is 4.97. The number of nitrogens with zero attached hydrogens (tertiary/aromatic N) is 3. The van der Waals surface area contributed by atoms with E-state index in [0.717, 1.165) is 5.56 Å². The van der Waals surface area contributed by atoms with Crippen LogP contribution in [-0.2, 0) is 11.3 Å². The van der Waals surface area contributed by atoms with E-state index in [4.69, 9.17) is 12.2 Å². The number of amides is 1. The van der Waals surface area contributed by atoms with E-state index in [-0.39, 0.29) is 11.6 Å². The molecule has 0 radical (unpaired) electrons. The zero-order valence-electron chi connectivity index (χ0n) is 12.3. The summed E-state index contributed by atoms with van der Waals surface area (Å²) in [6.07, 6.45) is 5.02. The number of nitro groups is 1. The lowest BCUT2D eigenvalue weighted by Gasteiger charge is -2.14. The standard InChI is InChI=1S/C16H11N3O3S2/c20-15-14(9-11-1-3-13(4-2-11)19(21)22)24-16(23)18(15)10-12-5-7-17-8-6-12/h1-9H,10H2/b14-9-. The Kier molecular flexibility index (Phi) is 4.68. The minimum Gasteiger partial charge on any atom is -0.288 e. The maximum atomic E-state index is 12.5. The minimum atomic E-state index is -0.460. The van der Waals surface area contributed by atoms with Crippen LogP contribution in [0.25, 0.3) is 6.08 Å². The van der Waals surface area contributed by atoms with Gasteiger partial charge in [0.25, 0.3) is 11.6 Å². The monoisotopic (exact) mass is 357 g/mol. The van der Waals surface area contributed by atoms with Gasteiger partial charge in [-0.05, 0) is 41.5 Å². The number of hydrogen-bond donors (Lipinski definition) is 0. The lowest BCUT2D eigenvalue weighted by Crippen LogP contribution is -2.27. The van der Waals surface area contributed by atoms with Crippen molar-refractivity contribution in [2.24, 2.45) is 0 Å². The summed E-state index contributed by atoms with van der Waals surface area (Å²) in [7, 11) is 0. The van der Waals surface area contributed by atoms with Gasteiger partial charge in [0.15, 0.2) is 0 Å². The number of nitro benzene ring substituents is 1. The van der Waals surface area contributed by atoms with Crippen molar-refractivity contribution in [3.8, 4) is 0 Å². The average Bonchev–Trinajstić information content (AvgIpc) is 2.84. The first-order chi connectivity index (χ1) is 11.5. The molecule has 0 atom stereocenters. The molecule has 1 fully saturated rings. The number of carbonyl (C=O) groups excluding carboxylic acids is 1. The molecule has 2 heterocycles. The van der Waals surface area contributed by atoms with Crippen molar-refractivity contribution >= 4 is 46.0 Å². The van der Waals surface area contributed by atoms with Gasteiger partial charge in [-0.15, -0.1) is 0 Å². The summed E-state index contributed by atoms with van der Waals surface area (Å²) >= 11 is 6.51. The van der Waals surface area contributed by atoms with Crippen LogP contribution in [0.15, 0.2) is 53.7 Å². The molecule has 1 aromatic carbocycles. The van der Waals surface area contributed by atoms with E-state index in [2.05, 4.69) is 4.98 Å². The lowest BCUT2D eigenvalue weighted by atomic mass is 10.2. The maximum Gasteiger partial charge on any atom is 0.269 e. The second-order valence-corrected chi connectivity index (χ2v) is 6.65. The Balaban J connectivity index is 1.79. The number of carbonyl (C=O) groups is 1. The number of aromatic nitrogens is 1. The molecule has 8 heteroatoms. The summed E-state index contributed by atoms with van der Waals surface area (Å²) in [5.41, 5.74) is 1.67. The second kappa shape index (κ2) is 6.90. The molecule has 0 N–H and O–H groups in total. The molecule has 6 nitrogen and oxygen atoms in total. The molecule has 1 aliphatic rings. The van der Waals surface area contributed by atoms with Crippen molar-refractivity contribution in [2.45, 2.75) is 6.54 Å². The number of non-ortho nitro benzene ring substituents is 1. The Labute approximate surface area is 147 Å². The summed E-state index contributed by atoms with van der Waals surface area (Å²) in [6, 6.07) is 9.69. The fourth-order valence-corrected chi connectivity index (χ4v) is 3.41. The SMILES string of the molecule is O=C1/C(=C/c2ccc([N+](=O)[O-])cc2)SC(=S)N1Cc1ccncc1. The van der Waals surface area contributed by atoms with Crippen LogP contribution in [-0.4, -0.2) is 25.0 Å². The van der Waals surface area contributed by atoms with Crippen LogP contribution in [0.3, 0.4) is 0 Å². The molecule has 0 spiro atoms. The molecule has 0 aliphatic carbocycles. The zero-order valence-corrected chi connectivity index (χ0v) is 13.9. The Morgan fingerprint density at radius 1 is 1.21 bits per heavy atom. The number of thioether (sulfide) groups is 1. The molecule has 3 rings (SSSR count). The van der Waals surface area contributed by atoms with Crippen molar-refractivity contribution in [3.05, 3.63) is 74.9 Å². The number of hydrogen-bond acceptors (Lipinski definition) is 6. The molecular weight excluding hydrogens is 346 g/mol. The molecule has 1 aliphatic heterocycles. The van der Waals surface area contributed by atoms with Gasteiger partial charge < -0.3 is 0 Å². The Bertz CT molecular complexity index is 835. The normalized spacial score (nSPS) is 16.0. The van der Waals surface area contributed by atoms with Crippen LogP contribution in [0.4, 0.5) is 5.69 Å². The van der Waals surface area contributed by atoms with Gasteiger partial charge in [0, 0.05) is 24.5 Å². The van der Waals surface area contributed by atoms with Gasteiger partial charge in [-0.1, -0.05) is 24.0 Å². The average molecular weight is 357 g/mol. The predicted octanol–water partition coefficient (Wildman–Crippen LogP) is 3.39. The number of thiocarbonyl (C=S) groups is 1. The highest BCUT2D eigenvalue weighted by Gasteiger charge is 2.31. The van der Waals surface area contributed by atoms with Crippen LogP contribution in [0.5, 0.6) is 0 Å². The molecule has 1 saturated heterocycles. The van der Waals surface area contributed by atoms with E-state index in [1.807, 2.05) is 12.1 Å². The summed E-state index contributed by atoms with van der Waals surface area (Å²) in [6.45, 7) is 0.394. The third kappa shape index (κ3) is 3.50. The van der Waals surface area contributed by atoms with E-state index in [9.17, 15) is 14.9 Å². The largest absolute Gasteiger partial charge is 0.288 e. The zero-order chi connectivity index (χ0) is 17.1. The third-order valence-electron chi connectivity index (χ3n) is 3.37.